The van der Waals surface area contributed by atoms with Gasteiger partial charge in [0.05, 0.1) is 24.9 Å². The van der Waals surface area contributed by atoms with Gasteiger partial charge in [-0.2, -0.15) is 5.10 Å². The molecule has 0 saturated carbocycles. The Morgan fingerprint density at radius 1 is 1.40 bits per heavy atom. The number of aryl methyl sites for hydroxylation is 2. The Balaban J connectivity index is 1.73. The maximum absolute atomic E-state index is 5.68. The molecule has 1 aliphatic heterocycles. The van der Waals surface area contributed by atoms with Crippen LogP contribution in [0.15, 0.2) is 30.5 Å². The third-order valence-corrected chi connectivity index (χ3v) is 3.84. The highest BCUT2D eigenvalue weighted by Crippen LogP contribution is 2.24. The van der Waals surface area contributed by atoms with E-state index in [2.05, 4.69) is 47.8 Å². The minimum Gasteiger partial charge on any atom is -0.375 e. The summed E-state index contributed by atoms with van der Waals surface area (Å²) in [7, 11) is 1.97. The average molecular weight is 271 g/mol. The van der Waals surface area contributed by atoms with Crippen LogP contribution in [0.25, 0.3) is 0 Å². The Kier molecular flexibility index (Phi) is 3.85. The molecule has 0 saturated heterocycles. The van der Waals surface area contributed by atoms with E-state index in [9.17, 15) is 0 Å². The van der Waals surface area contributed by atoms with Gasteiger partial charge in [0.2, 0.25) is 0 Å². The Morgan fingerprint density at radius 2 is 2.25 bits per heavy atom. The van der Waals surface area contributed by atoms with E-state index in [0.29, 0.717) is 0 Å². The Hall–Kier alpha value is -1.65. The number of ether oxygens (including phenoxy) is 1. The first-order valence-corrected chi connectivity index (χ1v) is 7.18. The summed E-state index contributed by atoms with van der Waals surface area (Å²) in [4.78, 5) is 0. The van der Waals surface area contributed by atoms with E-state index in [1.807, 2.05) is 11.7 Å². The summed E-state index contributed by atoms with van der Waals surface area (Å²) in [6.07, 6.45) is 3.07. The summed E-state index contributed by atoms with van der Waals surface area (Å²) in [5, 5.41) is 8.09. The lowest BCUT2D eigenvalue weighted by Crippen LogP contribution is -2.29. The molecule has 0 fully saturated rings. The molecule has 0 bridgehead atoms. The van der Waals surface area contributed by atoms with Crippen LogP contribution in [0, 0.1) is 0 Å². The Morgan fingerprint density at radius 3 is 3.10 bits per heavy atom. The van der Waals surface area contributed by atoms with Crippen molar-refractivity contribution in [1.29, 1.82) is 0 Å². The molecule has 1 N–H and O–H groups in total. The number of rotatable bonds is 4. The van der Waals surface area contributed by atoms with E-state index in [4.69, 9.17) is 4.74 Å². The van der Waals surface area contributed by atoms with Gasteiger partial charge in [-0.3, -0.25) is 4.68 Å². The molecule has 2 heterocycles. The molecule has 20 heavy (non-hydrogen) atoms. The minimum absolute atomic E-state index is 0.268. The fourth-order valence-corrected chi connectivity index (χ4v) is 2.81. The van der Waals surface area contributed by atoms with E-state index in [1.54, 1.807) is 0 Å². The molecule has 0 amide bonds. The van der Waals surface area contributed by atoms with Gasteiger partial charge in [0.1, 0.15) is 0 Å². The van der Waals surface area contributed by atoms with Crippen LogP contribution in [0.2, 0.25) is 0 Å². The third-order valence-electron chi connectivity index (χ3n) is 3.84. The molecule has 0 aliphatic carbocycles. The summed E-state index contributed by atoms with van der Waals surface area (Å²) in [6.45, 7) is 4.43. The molecule has 4 heteroatoms. The molecule has 1 atom stereocenters. The maximum atomic E-state index is 5.68. The first-order chi connectivity index (χ1) is 9.78. The smallest absolute Gasteiger partial charge is 0.0721 e. The predicted octanol–water partition coefficient (Wildman–Crippen LogP) is 2.34. The lowest BCUT2D eigenvalue weighted by Gasteiger charge is -2.26. The highest BCUT2D eigenvalue weighted by molar-refractivity contribution is 5.31. The zero-order chi connectivity index (χ0) is 13.9. The van der Waals surface area contributed by atoms with Gasteiger partial charge in [-0.1, -0.05) is 31.2 Å². The van der Waals surface area contributed by atoms with Crippen molar-refractivity contribution in [2.75, 3.05) is 6.61 Å². The van der Waals surface area contributed by atoms with E-state index in [-0.39, 0.29) is 6.04 Å². The van der Waals surface area contributed by atoms with E-state index >= 15 is 0 Å². The molecule has 1 unspecified atom stereocenters. The molecular formula is C16H21N3O. The van der Waals surface area contributed by atoms with Crippen LogP contribution in [0.5, 0.6) is 0 Å². The monoisotopic (exact) mass is 271 g/mol. The van der Waals surface area contributed by atoms with Crippen LogP contribution in [-0.4, -0.2) is 16.4 Å². The molecule has 1 aromatic carbocycles. The minimum atomic E-state index is 0.268. The van der Waals surface area contributed by atoms with Crippen molar-refractivity contribution in [1.82, 2.24) is 15.1 Å². The van der Waals surface area contributed by atoms with Crippen LogP contribution in [0.1, 0.15) is 35.3 Å². The van der Waals surface area contributed by atoms with Crippen molar-refractivity contribution in [2.45, 2.75) is 32.5 Å². The van der Waals surface area contributed by atoms with Gasteiger partial charge in [-0.05, 0) is 17.5 Å². The Labute approximate surface area is 119 Å². The average Bonchev–Trinajstić information content (AvgIpc) is 2.85. The summed E-state index contributed by atoms with van der Waals surface area (Å²) >= 11 is 0. The molecule has 2 aromatic rings. The van der Waals surface area contributed by atoms with Crippen LogP contribution in [-0.2, 0) is 31.4 Å². The van der Waals surface area contributed by atoms with Crippen LogP contribution in [0.4, 0.5) is 0 Å². The Bertz CT molecular complexity index is 591. The number of hydrogen-bond acceptors (Lipinski definition) is 3. The molecule has 0 spiro atoms. The van der Waals surface area contributed by atoms with Gasteiger partial charge >= 0.3 is 0 Å². The summed E-state index contributed by atoms with van der Waals surface area (Å²) in [5.74, 6) is 0. The zero-order valence-corrected chi connectivity index (χ0v) is 12.1. The van der Waals surface area contributed by atoms with Crippen LogP contribution < -0.4 is 5.32 Å². The fourth-order valence-electron chi connectivity index (χ4n) is 2.81. The first kappa shape index (κ1) is 13.3. The third kappa shape index (κ3) is 2.62. The number of fused-ring (bicyclic) bond motifs is 1. The van der Waals surface area contributed by atoms with Crippen molar-refractivity contribution >= 4 is 0 Å². The second-order valence-electron chi connectivity index (χ2n) is 5.28. The lowest BCUT2D eigenvalue weighted by atomic mass is 9.99. The highest BCUT2D eigenvalue weighted by Gasteiger charge is 2.20. The standard InChI is InChI=1S/C16H21N3O/c1-3-15-13(9-19(2)18-15)8-17-16-11-20-10-12-6-4-5-7-14(12)16/h4-7,9,16-17H,3,8,10-11H2,1-2H3. The summed E-state index contributed by atoms with van der Waals surface area (Å²) < 4.78 is 7.57. The van der Waals surface area contributed by atoms with Crippen molar-refractivity contribution in [3.05, 3.63) is 52.8 Å². The molecule has 1 aromatic heterocycles. The van der Waals surface area contributed by atoms with Gasteiger partial charge in [-0.25, -0.2) is 0 Å². The number of hydrogen-bond donors (Lipinski definition) is 1. The van der Waals surface area contributed by atoms with Crippen LogP contribution in [0.3, 0.4) is 0 Å². The van der Waals surface area contributed by atoms with Gasteiger partial charge < -0.3 is 10.1 Å². The van der Waals surface area contributed by atoms with Gasteiger partial charge in [-0.15, -0.1) is 0 Å². The first-order valence-electron chi connectivity index (χ1n) is 7.18. The maximum Gasteiger partial charge on any atom is 0.0721 e. The van der Waals surface area contributed by atoms with Gasteiger partial charge in [0, 0.05) is 25.4 Å². The molecule has 106 valence electrons. The fraction of sp³-hybridized carbons (Fsp3) is 0.438. The molecule has 0 radical (unpaired) electrons. The predicted molar refractivity (Wildman–Crippen MR) is 78.3 cm³/mol. The van der Waals surface area contributed by atoms with Crippen molar-refractivity contribution < 1.29 is 4.74 Å². The molecular weight excluding hydrogens is 250 g/mol. The van der Waals surface area contributed by atoms with Crippen molar-refractivity contribution in [2.24, 2.45) is 7.05 Å². The quantitative estimate of drug-likeness (QED) is 0.927. The van der Waals surface area contributed by atoms with Gasteiger partial charge in [0.15, 0.2) is 0 Å². The van der Waals surface area contributed by atoms with E-state index in [0.717, 1.165) is 26.2 Å². The van der Waals surface area contributed by atoms with E-state index < -0.39 is 0 Å². The lowest BCUT2D eigenvalue weighted by molar-refractivity contribution is 0.0816. The number of nitrogens with one attached hydrogen (secondary N) is 1. The van der Waals surface area contributed by atoms with Crippen LogP contribution >= 0.6 is 0 Å². The zero-order valence-electron chi connectivity index (χ0n) is 12.1. The van der Waals surface area contributed by atoms with E-state index in [1.165, 1.54) is 22.4 Å². The number of benzene rings is 1. The topological polar surface area (TPSA) is 39.1 Å². The summed E-state index contributed by atoms with van der Waals surface area (Å²) in [6, 6.07) is 8.77. The molecule has 1 aliphatic rings. The molecule has 3 rings (SSSR count). The number of aromatic nitrogens is 2. The second-order valence-corrected chi connectivity index (χ2v) is 5.28. The molecule has 4 nitrogen and oxygen atoms in total. The largest absolute Gasteiger partial charge is 0.375 e. The number of nitrogens with zero attached hydrogens (tertiary/aromatic N) is 2. The van der Waals surface area contributed by atoms with Gasteiger partial charge in [0.25, 0.3) is 0 Å². The SMILES string of the molecule is CCc1nn(C)cc1CNC1COCc2ccccc21. The normalized spacial score (nSPS) is 18.0. The highest BCUT2D eigenvalue weighted by atomic mass is 16.5. The van der Waals surface area contributed by atoms with Crippen molar-refractivity contribution in [3.8, 4) is 0 Å². The second kappa shape index (κ2) is 5.77. The van der Waals surface area contributed by atoms with Crippen molar-refractivity contribution in [3.63, 3.8) is 0 Å². The summed E-state index contributed by atoms with van der Waals surface area (Å²) in [5.41, 5.74) is 5.10.